The molecule has 1 aliphatic heterocycles. The predicted octanol–water partition coefficient (Wildman–Crippen LogP) is 2.53. The maximum Gasteiger partial charge on any atom is 0.0540 e. The number of rotatable bonds is 4. The largest absolute Gasteiger partial charge is 0.307 e. The predicted molar refractivity (Wildman–Crippen MR) is 66.3 cm³/mol. The van der Waals surface area contributed by atoms with Crippen molar-refractivity contribution in [1.82, 2.24) is 15.1 Å². The summed E-state index contributed by atoms with van der Waals surface area (Å²) in [6.07, 6.45) is 8.00. The van der Waals surface area contributed by atoms with Crippen LogP contribution in [0.15, 0.2) is 12.4 Å². The number of hydrogen-bond donors (Lipinski definition) is 1. The molecule has 3 nitrogen and oxygen atoms in total. The van der Waals surface area contributed by atoms with Gasteiger partial charge in [-0.25, -0.2) is 0 Å². The molecule has 3 heteroatoms. The standard InChI is InChI=1S/C13H23N3/c1-4-16-10-12(9-15-16)13(8-11(2)3)6-5-7-14-13/h9-11,14H,4-8H2,1-3H3. The number of nitrogens with zero attached hydrogens (tertiary/aromatic N) is 2. The lowest BCUT2D eigenvalue weighted by atomic mass is 9.83. The number of nitrogens with one attached hydrogen (secondary N) is 1. The Morgan fingerprint density at radius 2 is 2.38 bits per heavy atom. The molecule has 1 aromatic rings. The number of aryl methyl sites for hydroxylation is 1. The highest BCUT2D eigenvalue weighted by molar-refractivity contribution is 5.20. The molecule has 0 spiro atoms. The van der Waals surface area contributed by atoms with Crippen LogP contribution in [-0.2, 0) is 12.1 Å². The fourth-order valence-electron chi connectivity index (χ4n) is 2.83. The van der Waals surface area contributed by atoms with E-state index in [4.69, 9.17) is 0 Å². The van der Waals surface area contributed by atoms with Crippen LogP contribution >= 0.6 is 0 Å². The molecule has 1 unspecified atom stereocenters. The minimum atomic E-state index is 0.196. The first-order valence-corrected chi connectivity index (χ1v) is 6.44. The van der Waals surface area contributed by atoms with Crippen molar-refractivity contribution in [2.75, 3.05) is 6.54 Å². The average molecular weight is 221 g/mol. The Balaban J connectivity index is 2.24. The smallest absolute Gasteiger partial charge is 0.0540 e. The normalized spacial score (nSPS) is 25.5. The van der Waals surface area contributed by atoms with Crippen LogP contribution in [0.25, 0.3) is 0 Å². The summed E-state index contributed by atoms with van der Waals surface area (Å²) in [6.45, 7) is 8.83. The molecule has 1 aliphatic rings. The Labute approximate surface area is 98.2 Å². The molecule has 0 aliphatic carbocycles. The molecule has 90 valence electrons. The molecule has 0 radical (unpaired) electrons. The fraction of sp³-hybridized carbons (Fsp3) is 0.769. The highest BCUT2D eigenvalue weighted by Crippen LogP contribution is 2.36. The van der Waals surface area contributed by atoms with Crippen molar-refractivity contribution in [3.8, 4) is 0 Å². The summed E-state index contributed by atoms with van der Waals surface area (Å²) < 4.78 is 2.03. The molecular formula is C13H23N3. The summed E-state index contributed by atoms with van der Waals surface area (Å²) in [4.78, 5) is 0. The van der Waals surface area contributed by atoms with Crippen molar-refractivity contribution in [3.05, 3.63) is 18.0 Å². The van der Waals surface area contributed by atoms with E-state index in [9.17, 15) is 0 Å². The number of hydrogen-bond acceptors (Lipinski definition) is 2. The van der Waals surface area contributed by atoms with E-state index in [2.05, 4.69) is 37.4 Å². The van der Waals surface area contributed by atoms with Gasteiger partial charge >= 0.3 is 0 Å². The Kier molecular flexibility index (Phi) is 3.33. The van der Waals surface area contributed by atoms with Crippen molar-refractivity contribution in [2.45, 2.75) is 52.1 Å². The highest BCUT2D eigenvalue weighted by atomic mass is 15.3. The van der Waals surface area contributed by atoms with Gasteiger partial charge in [0.1, 0.15) is 0 Å². The SMILES string of the molecule is CCn1cc(C2(CC(C)C)CCCN2)cn1. The molecule has 1 saturated heterocycles. The molecule has 1 aromatic heterocycles. The van der Waals surface area contributed by atoms with Gasteiger partial charge in [-0.15, -0.1) is 0 Å². The highest BCUT2D eigenvalue weighted by Gasteiger charge is 2.36. The molecule has 2 heterocycles. The van der Waals surface area contributed by atoms with E-state index in [1.807, 2.05) is 10.9 Å². The molecule has 0 amide bonds. The zero-order valence-corrected chi connectivity index (χ0v) is 10.7. The lowest BCUT2D eigenvalue weighted by Gasteiger charge is -2.30. The Hall–Kier alpha value is -0.830. The van der Waals surface area contributed by atoms with E-state index in [1.165, 1.54) is 24.8 Å². The van der Waals surface area contributed by atoms with E-state index in [0.717, 1.165) is 19.0 Å². The lowest BCUT2D eigenvalue weighted by Crippen LogP contribution is -2.37. The van der Waals surface area contributed by atoms with Crippen molar-refractivity contribution in [3.63, 3.8) is 0 Å². The van der Waals surface area contributed by atoms with Crippen LogP contribution < -0.4 is 5.32 Å². The maximum absolute atomic E-state index is 4.41. The van der Waals surface area contributed by atoms with Crippen LogP contribution in [0, 0.1) is 5.92 Å². The van der Waals surface area contributed by atoms with E-state index in [1.54, 1.807) is 0 Å². The molecule has 0 bridgehead atoms. The molecule has 1 atom stereocenters. The Morgan fingerprint density at radius 3 is 2.88 bits per heavy atom. The second-order valence-corrected chi connectivity index (χ2v) is 5.30. The van der Waals surface area contributed by atoms with Crippen molar-refractivity contribution < 1.29 is 0 Å². The maximum atomic E-state index is 4.41. The second-order valence-electron chi connectivity index (χ2n) is 5.30. The minimum absolute atomic E-state index is 0.196. The van der Waals surface area contributed by atoms with Gasteiger partial charge in [0, 0.05) is 23.8 Å². The van der Waals surface area contributed by atoms with Crippen LogP contribution in [0.3, 0.4) is 0 Å². The summed E-state index contributed by atoms with van der Waals surface area (Å²) in [5.41, 5.74) is 1.57. The molecule has 1 fully saturated rings. The van der Waals surface area contributed by atoms with Gasteiger partial charge in [-0.3, -0.25) is 4.68 Å². The summed E-state index contributed by atoms with van der Waals surface area (Å²) >= 11 is 0. The zero-order valence-electron chi connectivity index (χ0n) is 10.7. The van der Waals surface area contributed by atoms with Gasteiger partial charge in [-0.1, -0.05) is 13.8 Å². The van der Waals surface area contributed by atoms with Crippen molar-refractivity contribution in [2.24, 2.45) is 5.92 Å². The molecule has 0 saturated carbocycles. The van der Waals surface area contributed by atoms with Crippen LogP contribution in [-0.4, -0.2) is 16.3 Å². The molecule has 0 aromatic carbocycles. The van der Waals surface area contributed by atoms with E-state index in [-0.39, 0.29) is 5.54 Å². The van der Waals surface area contributed by atoms with Crippen LogP contribution in [0.4, 0.5) is 0 Å². The zero-order chi connectivity index (χ0) is 11.6. The van der Waals surface area contributed by atoms with Gasteiger partial charge in [0.05, 0.1) is 6.20 Å². The quantitative estimate of drug-likeness (QED) is 0.846. The van der Waals surface area contributed by atoms with Gasteiger partial charge in [-0.05, 0) is 38.6 Å². The third kappa shape index (κ3) is 2.14. The third-order valence-electron chi connectivity index (χ3n) is 3.51. The third-order valence-corrected chi connectivity index (χ3v) is 3.51. The van der Waals surface area contributed by atoms with Crippen LogP contribution in [0.1, 0.15) is 45.6 Å². The molecular weight excluding hydrogens is 198 g/mol. The van der Waals surface area contributed by atoms with Gasteiger partial charge in [0.25, 0.3) is 0 Å². The summed E-state index contributed by atoms with van der Waals surface area (Å²) in [7, 11) is 0. The molecule has 1 N–H and O–H groups in total. The van der Waals surface area contributed by atoms with Gasteiger partial charge < -0.3 is 5.32 Å². The minimum Gasteiger partial charge on any atom is -0.307 e. The molecule has 16 heavy (non-hydrogen) atoms. The van der Waals surface area contributed by atoms with Crippen molar-refractivity contribution in [1.29, 1.82) is 0 Å². The number of aromatic nitrogens is 2. The Bertz CT molecular complexity index is 335. The van der Waals surface area contributed by atoms with Gasteiger partial charge in [0.15, 0.2) is 0 Å². The van der Waals surface area contributed by atoms with Gasteiger partial charge in [0.2, 0.25) is 0 Å². The van der Waals surface area contributed by atoms with Crippen molar-refractivity contribution >= 4 is 0 Å². The summed E-state index contributed by atoms with van der Waals surface area (Å²) in [5, 5.41) is 8.11. The van der Waals surface area contributed by atoms with E-state index in [0.29, 0.717) is 0 Å². The summed E-state index contributed by atoms with van der Waals surface area (Å²) in [6, 6.07) is 0. The first-order chi connectivity index (χ1) is 7.66. The lowest BCUT2D eigenvalue weighted by molar-refractivity contribution is 0.310. The van der Waals surface area contributed by atoms with Crippen LogP contribution in [0.5, 0.6) is 0 Å². The van der Waals surface area contributed by atoms with Crippen LogP contribution in [0.2, 0.25) is 0 Å². The first-order valence-electron chi connectivity index (χ1n) is 6.44. The van der Waals surface area contributed by atoms with E-state index >= 15 is 0 Å². The Morgan fingerprint density at radius 1 is 1.56 bits per heavy atom. The fourth-order valence-corrected chi connectivity index (χ4v) is 2.83. The van der Waals surface area contributed by atoms with Gasteiger partial charge in [-0.2, -0.15) is 5.10 Å². The first kappa shape index (κ1) is 11.6. The van der Waals surface area contributed by atoms with E-state index < -0.39 is 0 Å². The topological polar surface area (TPSA) is 29.9 Å². The second kappa shape index (κ2) is 4.58. The summed E-state index contributed by atoms with van der Waals surface area (Å²) in [5.74, 6) is 0.718. The monoisotopic (exact) mass is 221 g/mol. The molecule has 2 rings (SSSR count). The average Bonchev–Trinajstić information content (AvgIpc) is 2.84.